The van der Waals surface area contributed by atoms with Gasteiger partial charge in [-0.2, -0.15) is 0 Å². The van der Waals surface area contributed by atoms with Crippen LogP contribution >= 0.6 is 34.7 Å². The van der Waals surface area contributed by atoms with Crippen molar-refractivity contribution in [2.75, 3.05) is 0 Å². The molecular formula is C21H15ClN2O3S2. The number of thiophene rings is 1. The molecule has 1 aromatic carbocycles. The van der Waals surface area contributed by atoms with Gasteiger partial charge in [0.2, 0.25) is 11.6 Å². The summed E-state index contributed by atoms with van der Waals surface area (Å²) >= 11 is 8.65. The monoisotopic (exact) mass is 442 g/mol. The van der Waals surface area contributed by atoms with Crippen LogP contribution in [0.5, 0.6) is 0 Å². The van der Waals surface area contributed by atoms with Gasteiger partial charge in [0, 0.05) is 22.5 Å². The van der Waals surface area contributed by atoms with Crippen LogP contribution in [-0.2, 0) is 6.54 Å². The number of halogens is 1. The van der Waals surface area contributed by atoms with E-state index in [1.54, 1.807) is 30.3 Å². The molecule has 0 fully saturated rings. The molecule has 2 aromatic heterocycles. The van der Waals surface area contributed by atoms with E-state index in [0.29, 0.717) is 20.9 Å². The lowest BCUT2D eigenvalue weighted by Crippen LogP contribution is -2.24. The van der Waals surface area contributed by atoms with Crippen LogP contribution in [0.25, 0.3) is 10.2 Å². The van der Waals surface area contributed by atoms with E-state index in [1.165, 1.54) is 15.9 Å². The van der Waals surface area contributed by atoms with E-state index in [2.05, 4.69) is 11.6 Å². The number of ketones is 2. The molecule has 0 saturated heterocycles. The van der Waals surface area contributed by atoms with Gasteiger partial charge in [0.15, 0.2) is 5.16 Å². The zero-order valence-electron chi connectivity index (χ0n) is 15.6. The molecule has 0 atom stereocenters. The molecule has 8 heteroatoms. The Morgan fingerprint density at radius 2 is 1.83 bits per heavy atom. The van der Waals surface area contributed by atoms with Crippen LogP contribution in [0.2, 0.25) is 0 Å². The van der Waals surface area contributed by atoms with E-state index in [1.807, 2.05) is 13.8 Å². The standard InChI is InChI=1S/C21H15ClN2O3S2/c1-4-9-24-20(27)14-10(2)11(3)28-19(14)23-21(24)29-18-15(22)16(25)12-7-5-6-8-13(12)17(18)26/h4-8H,1,9H2,2-3H3. The van der Waals surface area contributed by atoms with Gasteiger partial charge in [0.1, 0.15) is 9.86 Å². The minimum Gasteiger partial charge on any atom is -0.288 e. The quantitative estimate of drug-likeness (QED) is 0.425. The predicted molar refractivity (Wildman–Crippen MR) is 117 cm³/mol. The highest BCUT2D eigenvalue weighted by molar-refractivity contribution is 8.04. The number of nitrogens with zero attached hydrogens (tertiary/aromatic N) is 2. The lowest BCUT2D eigenvalue weighted by molar-refractivity contribution is 0.0987. The molecule has 5 nitrogen and oxygen atoms in total. The van der Waals surface area contributed by atoms with Gasteiger partial charge in [0.05, 0.1) is 10.3 Å². The van der Waals surface area contributed by atoms with Gasteiger partial charge in [0.25, 0.3) is 5.56 Å². The summed E-state index contributed by atoms with van der Waals surface area (Å²) in [7, 11) is 0. The van der Waals surface area contributed by atoms with Crippen LogP contribution in [-0.4, -0.2) is 21.1 Å². The average Bonchev–Trinajstić information content (AvgIpc) is 3.00. The van der Waals surface area contributed by atoms with Crippen LogP contribution in [0.3, 0.4) is 0 Å². The number of hydrogen-bond donors (Lipinski definition) is 0. The topological polar surface area (TPSA) is 69.0 Å². The summed E-state index contributed by atoms with van der Waals surface area (Å²) in [5.74, 6) is -0.765. The molecule has 4 rings (SSSR count). The van der Waals surface area contributed by atoms with Crippen molar-refractivity contribution in [1.29, 1.82) is 0 Å². The first-order valence-electron chi connectivity index (χ1n) is 8.72. The largest absolute Gasteiger partial charge is 0.288 e. The van der Waals surface area contributed by atoms with Crippen molar-refractivity contribution in [1.82, 2.24) is 9.55 Å². The Morgan fingerprint density at radius 3 is 2.48 bits per heavy atom. The van der Waals surface area contributed by atoms with E-state index in [9.17, 15) is 14.4 Å². The Labute approximate surface area is 179 Å². The summed E-state index contributed by atoms with van der Waals surface area (Å²) < 4.78 is 1.45. The molecule has 0 spiro atoms. The number of fused-ring (bicyclic) bond motifs is 2. The fraction of sp³-hybridized carbons (Fsp3) is 0.143. The molecule has 0 saturated carbocycles. The lowest BCUT2D eigenvalue weighted by Gasteiger charge is -2.18. The molecule has 3 aromatic rings. The summed E-state index contributed by atoms with van der Waals surface area (Å²) in [4.78, 5) is 45.1. The van der Waals surface area contributed by atoms with Crippen molar-refractivity contribution in [3.05, 3.63) is 78.8 Å². The van der Waals surface area contributed by atoms with Gasteiger partial charge in [-0.1, -0.05) is 41.9 Å². The number of benzene rings is 1. The molecule has 0 N–H and O–H groups in total. The molecule has 0 aliphatic heterocycles. The minimum absolute atomic E-state index is 0.0735. The van der Waals surface area contributed by atoms with E-state index < -0.39 is 5.78 Å². The van der Waals surface area contributed by atoms with Crippen molar-refractivity contribution in [2.45, 2.75) is 25.5 Å². The highest BCUT2D eigenvalue weighted by Gasteiger charge is 2.33. The third kappa shape index (κ3) is 3.10. The summed E-state index contributed by atoms with van der Waals surface area (Å²) in [6.07, 6.45) is 1.59. The fourth-order valence-electron chi connectivity index (χ4n) is 3.18. The van der Waals surface area contributed by atoms with E-state index in [4.69, 9.17) is 11.6 Å². The number of aromatic nitrogens is 2. The van der Waals surface area contributed by atoms with Crippen molar-refractivity contribution in [2.24, 2.45) is 0 Å². The summed E-state index contributed by atoms with van der Waals surface area (Å²) in [5, 5.41) is 0.712. The van der Waals surface area contributed by atoms with Gasteiger partial charge in [-0.3, -0.25) is 19.0 Å². The summed E-state index contributed by atoms with van der Waals surface area (Å²) in [6, 6.07) is 6.55. The molecule has 1 aliphatic rings. The number of carbonyl (C=O) groups excluding carboxylic acids is 2. The van der Waals surface area contributed by atoms with Crippen LogP contribution < -0.4 is 5.56 Å². The smallest absolute Gasteiger partial charge is 0.263 e. The second kappa shape index (κ2) is 7.40. The van der Waals surface area contributed by atoms with Gasteiger partial charge < -0.3 is 0 Å². The molecule has 146 valence electrons. The molecule has 1 aliphatic carbocycles. The van der Waals surface area contributed by atoms with Gasteiger partial charge >= 0.3 is 0 Å². The van der Waals surface area contributed by atoms with E-state index >= 15 is 0 Å². The summed E-state index contributed by atoms with van der Waals surface area (Å²) in [6.45, 7) is 7.76. The number of thioether (sulfide) groups is 1. The predicted octanol–water partition coefficient (Wildman–Crippen LogP) is 4.88. The summed E-state index contributed by atoms with van der Waals surface area (Å²) in [5.41, 5.74) is 1.27. The maximum Gasteiger partial charge on any atom is 0.263 e. The first-order valence-corrected chi connectivity index (χ1v) is 10.7. The van der Waals surface area contributed by atoms with Crippen molar-refractivity contribution >= 4 is 56.5 Å². The van der Waals surface area contributed by atoms with Crippen LogP contribution in [0.1, 0.15) is 31.2 Å². The maximum absolute atomic E-state index is 13.1. The number of Topliss-reactive ketones (excluding diaryl/α,β-unsaturated/α-hetero) is 2. The molecule has 0 radical (unpaired) electrons. The Bertz CT molecular complexity index is 1320. The fourth-order valence-corrected chi connectivity index (χ4v) is 5.53. The third-order valence-corrected chi connectivity index (χ3v) is 7.44. The van der Waals surface area contributed by atoms with Crippen LogP contribution in [0.4, 0.5) is 0 Å². The zero-order chi connectivity index (χ0) is 20.9. The van der Waals surface area contributed by atoms with Crippen molar-refractivity contribution in [3.8, 4) is 0 Å². The Kier molecular flexibility index (Phi) is 5.06. The van der Waals surface area contributed by atoms with E-state index in [-0.39, 0.29) is 33.4 Å². The highest BCUT2D eigenvalue weighted by Crippen LogP contribution is 2.38. The van der Waals surface area contributed by atoms with Crippen molar-refractivity contribution < 1.29 is 9.59 Å². The molecule has 29 heavy (non-hydrogen) atoms. The lowest BCUT2D eigenvalue weighted by atomic mass is 9.95. The van der Waals surface area contributed by atoms with Gasteiger partial charge in [-0.15, -0.1) is 17.9 Å². The number of rotatable bonds is 4. The second-order valence-electron chi connectivity index (χ2n) is 6.51. The molecule has 0 amide bonds. The number of allylic oxidation sites excluding steroid dienone is 3. The first-order chi connectivity index (χ1) is 13.8. The first kappa shape index (κ1) is 19.8. The molecule has 0 bridgehead atoms. The van der Waals surface area contributed by atoms with Gasteiger partial charge in [-0.25, -0.2) is 4.98 Å². The normalized spacial score (nSPS) is 13.9. The number of carbonyl (C=O) groups is 2. The highest BCUT2D eigenvalue weighted by atomic mass is 35.5. The second-order valence-corrected chi connectivity index (χ2v) is 9.07. The van der Waals surface area contributed by atoms with Crippen molar-refractivity contribution in [3.63, 3.8) is 0 Å². The molecule has 2 heterocycles. The third-order valence-electron chi connectivity index (χ3n) is 4.78. The van der Waals surface area contributed by atoms with Crippen LogP contribution in [0.15, 0.2) is 56.8 Å². The number of aryl methyl sites for hydroxylation is 2. The van der Waals surface area contributed by atoms with E-state index in [0.717, 1.165) is 22.2 Å². The maximum atomic E-state index is 13.1. The Morgan fingerprint density at radius 1 is 1.17 bits per heavy atom. The number of hydrogen-bond acceptors (Lipinski definition) is 6. The molecule has 0 unspecified atom stereocenters. The van der Waals surface area contributed by atoms with Crippen LogP contribution in [0, 0.1) is 13.8 Å². The zero-order valence-corrected chi connectivity index (χ0v) is 18.0. The minimum atomic E-state index is -0.411. The SMILES string of the molecule is C=CCn1c(SC2=C(Cl)C(=O)c3ccccc3C2=O)nc2sc(C)c(C)c2c1=O. The Hall–Kier alpha value is -2.48. The van der Waals surface area contributed by atoms with Gasteiger partial charge in [-0.05, 0) is 31.2 Å². The Balaban J connectivity index is 1.90. The average molecular weight is 443 g/mol. The molecular weight excluding hydrogens is 428 g/mol.